The Balaban J connectivity index is 1.45. The van der Waals surface area contributed by atoms with Gasteiger partial charge < -0.3 is 9.73 Å². The fourth-order valence-electron chi connectivity index (χ4n) is 4.01. The molecule has 5 rings (SSSR count). The zero-order chi connectivity index (χ0) is 21.7. The van der Waals surface area contributed by atoms with Crippen LogP contribution in [0.3, 0.4) is 0 Å². The van der Waals surface area contributed by atoms with Gasteiger partial charge in [0.25, 0.3) is 17.7 Å². The van der Waals surface area contributed by atoms with E-state index in [1.807, 2.05) is 24.3 Å². The average Bonchev–Trinajstić information content (AvgIpc) is 3.11. The lowest BCUT2D eigenvalue weighted by Crippen LogP contribution is -2.40. The first-order valence-electron chi connectivity index (χ1n) is 9.83. The van der Waals surface area contributed by atoms with Gasteiger partial charge in [0.2, 0.25) is 0 Å². The maximum Gasteiger partial charge on any atom is 0.265 e. The number of anilines is 2. The molecule has 0 radical (unpaired) electrons. The van der Waals surface area contributed by atoms with Gasteiger partial charge in [-0.2, -0.15) is 0 Å². The molecule has 1 aliphatic rings. The highest BCUT2D eigenvalue weighted by Crippen LogP contribution is 2.33. The van der Waals surface area contributed by atoms with Gasteiger partial charge in [-0.05, 0) is 61.7 Å². The number of amides is 3. The third-order valence-corrected chi connectivity index (χ3v) is 5.44. The number of benzene rings is 3. The third-order valence-electron chi connectivity index (χ3n) is 5.44. The lowest BCUT2D eigenvalue weighted by molar-refractivity contribution is 0.0892. The molecule has 0 unspecified atom stereocenters. The van der Waals surface area contributed by atoms with Gasteiger partial charge >= 0.3 is 0 Å². The summed E-state index contributed by atoms with van der Waals surface area (Å²) in [6, 6.07) is 19.2. The summed E-state index contributed by atoms with van der Waals surface area (Å²) in [5.41, 5.74) is 2.45. The van der Waals surface area contributed by atoms with Crippen molar-refractivity contribution in [3.63, 3.8) is 0 Å². The predicted octanol–water partition coefficient (Wildman–Crippen LogP) is 5.10. The molecular weight excluding hydrogens is 392 g/mol. The van der Waals surface area contributed by atoms with Crippen LogP contribution < -0.4 is 10.2 Å². The number of furan rings is 1. The molecule has 1 aliphatic heterocycles. The van der Waals surface area contributed by atoms with Crippen molar-refractivity contribution >= 4 is 39.9 Å². The summed E-state index contributed by atoms with van der Waals surface area (Å²) < 4.78 is 5.41. The van der Waals surface area contributed by atoms with E-state index in [4.69, 9.17) is 4.42 Å². The third kappa shape index (κ3) is 3.00. The first-order valence-corrected chi connectivity index (χ1v) is 9.83. The Morgan fingerprint density at radius 1 is 0.871 bits per heavy atom. The molecular formula is C25H18N2O4. The Labute approximate surface area is 178 Å². The van der Waals surface area contributed by atoms with E-state index in [1.165, 1.54) is 4.90 Å². The second-order valence-electron chi connectivity index (χ2n) is 7.48. The molecule has 0 saturated carbocycles. The molecule has 0 spiro atoms. The Kier molecular flexibility index (Phi) is 4.22. The Bertz CT molecular complexity index is 1330. The van der Waals surface area contributed by atoms with Crippen molar-refractivity contribution in [2.45, 2.75) is 13.8 Å². The van der Waals surface area contributed by atoms with Crippen molar-refractivity contribution < 1.29 is 18.8 Å². The van der Waals surface area contributed by atoms with E-state index in [1.54, 1.807) is 56.3 Å². The number of carbonyl (C=O) groups is 3. The minimum Gasteiger partial charge on any atom is -0.466 e. The van der Waals surface area contributed by atoms with Gasteiger partial charge in [-0.1, -0.05) is 24.3 Å². The quantitative estimate of drug-likeness (QED) is 0.477. The van der Waals surface area contributed by atoms with Gasteiger partial charge in [0.15, 0.2) is 0 Å². The molecule has 6 heteroatoms. The molecule has 4 aromatic rings. The second kappa shape index (κ2) is 6.95. The highest BCUT2D eigenvalue weighted by Gasteiger charge is 2.33. The van der Waals surface area contributed by atoms with E-state index in [2.05, 4.69) is 5.32 Å². The van der Waals surface area contributed by atoms with Gasteiger partial charge in [-0.3, -0.25) is 14.4 Å². The number of nitrogens with zero attached hydrogens (tertiary/aromatic N) is 1. The zero-order valence-electron chi connectivity index (χ0n) is 16.9. The van der Waals surface area contributed by atoms with Crippen molar-refractivity contribution in [3.05, 3.63) is 94.9 Å². The normalized spacial score (nSPS) is 13.0. The number of nitrogens with one attached hydrogen (secondary N) is 1. The van der Waals surface area contributed by atoms with Crippen LogP contribution in [0.25, 0.3) is 10.8 Å². The van der Waals surface area contributed by atoms with Crippen molar-refractivity contribution in [1.29, 1.82) is 0 Å². The lowest BCUT2D eigenvalue weighted by atomic mass is 9.94. The molecule has 152 valence electrons. The molecule has 0 atom stereocenters. The molecule has 31 heavy (non-hydrogen) atoms. The summed E-state index contributed by atoms with van der Waals surface area (Å²) in [6.07, 6.45) is 0. The number of carbonyl (C=O) groups excluding carboxylic acids is 3. The van der Waals surface area contributed by atoms with Crippen LogP contribution in [-0.4, -0.2) is 17.7 Å². The van der Waals surface area contributed by atoms with Crippen molar-refractivity contribution in [1.82, 2.24) is 0 Å². The molecule has 1 N–H and O–H groups in total. The first kappa shape index (κ1) is 18.8. The topological polar surface area (TPSA) is 79.6 Å². The summed E-state index contributed by atoms with van der Waals surface area (Å²) in [5, 5.41) is 4.36. The van der Waals surface area contributed by atoms with E-state index in [0.29, 0.717) is 45.0 Å². The fraction of sp³-hybridized carbons (Fsp3) is 0.0800. The summed E-state index contributed by atoms with van der Waals surface area (Å²) >= 11 is 0. The van der Waals surface area contributed by atoms with Crippen molar-refractivity contribution in [2.75, 3.05) is 10.2 Å². The smallest absolute Gasteiger partial charge is 0.265 e. The molecule has 1 aromatic heterocycles. The van der Waals surface area contributed by atoms with E-state index in [-0.39, 0.29) is 17.7 Å². The van der Waals surface area contributed by atoms with Crippen LogP contribution in [0.5, 0.6) is 0 Å². The van der Waals surface area contributed by atoms with Gasteiger partial charge in [0.05, 0.1) is 11.3 Å². The minimum atomic E-state index is -0.365. The van der Waals surface area contributed by atoms with Crippen LogP contribution >= 0.6 is 0 Å². The highest BCUT2D eigenvalue weighted by atomic mass is 16.3. The number of imide groups is 1. The van der Waals surface area contributed by atoms with Crippen molar-refractivity contribution in [2.24, 2.45) is 0 Å². The SMILES string of the molecule is Cc1cc(C(=O)Nc2ccc(N3C(=O)c4cccc5cccc(c45)C3=O)cc2)c(C)o1. The van der Waals surface area contributed by atoms with Crippen LogP contribution in [-0.2, 0) is 0 Å². The number of hydrogen-bond donors (Lipinski definition) is 1. The molecule has 0 fully saturated rings. The maximum atomic E-state index is 13.1. The fourth-order valence-corrected chi connectivity index (χ4v) is 4.01. The molecule has 2 heterocycles. The Morgan fingerprint density at radius 3 is 2.03 bits per heavy atom. The monoisotopic (exact) mass is 410 g/mol. The molecule has 0 saturated heterocycles. The molecule has 6 nitrogen and oxygen atoms in total. The van der Waals surface area contributed by atoms with Crippen LogP contribution in [0.15, 0.2) is 71.1 Å². The Hall–Kier alpha value is -4.19. The number of aryl methyl sites for hydroxylation is 2. The summed E-state index contributed by atoms with van der Waals surface area (Å²) in [4.78, 5) is 39.9. The van der Waals surface area contributed by atoms with E-state index >= 15 is 0 Å². The lowest BCUT2D eigenvalue weighted by Gasteiger charge is -2.27. The standard InChI is InChI=1S/C25H18N2O4/c1-14-13-21(15(2)31-14)23(28)26-17-9-11-18(12-10-17)27-24(29)19-7-3-5-16-6-4-8-20(22(16)19)25(27)30/h3-13H,1-2H3,(H,26,28). The largest absolute Gasteiger partial charge is 0.466 e. The second-order valence-corrected chi connectivity index (χ2v) is 7.48. The molecule has 3 amide bonds. The highest BCUT2D eigenvalue weighted by molar-refractivity contribution is 6.35. The van der Waals surface area contributed by atoms with Gasteiger partial charge in [-0.25, -0.2) is 4.90 Å². The van der Waals surface area contributed by atoms with Crippen LogP contribution in [0.1, 0.15) is 42.6 Å². The van der Waals surface area contributed by atoms with Gasteiger partial charge in [0, 0.05) is 22.2 Å². The van der Waals surface area contributed by atoms with E-state index in [0.717, 1.165) is 5.39 Å². The number of rotatable bonds is 3. The zero-order valence-corrected chi connectivity index (χ0v) is 16.9. The van der Waals surface area contributed by atoms with Crippen molar-refractivity contribution in [3.8, 4) is 0 Å². The molecule has 3 aromatic carbocycles. The van der Waals surface area contributed by atoms with E-state index in [9.17, 15) is 14.4 Å². The Morgan fingerprint density at radius 2 is 1.48 bits per heavy atom. The van der Waals surface area contributed by atoms with Gasteiger partial charge in [-0.15, -0.1) is 0 Å². The first-order chi connectivity index (χ1) is 14.9. The van der Waals surface area contributed by atoms with Crippen LogP contribution in [0, 0.1) is 13.8 Å². The predicted molar refractivity (Wildman–Crippen MR) is 118 cm³/mol. The van der Waals surface area contributed by atoms with Crippen LogP contribution in [0.4, 0.5) is 11.4 Å². The van der Waals surface area contributed by atoms with Crippen LogP contribution in [0.2, 0.25) is 0 Å². The summed E-state index contributed by atoms with van der Waals surface area (Å²) in [6.45, 7) is 3.51. The van der Waals surface area contributed by atoms with E-state index < -0.39 is 0 Å². The number of hydrogen-bond acceptors (Lipinski definition) is 4. The summed E-state index contributed by atoms with van der Waals surface area (Å²) in [5.74, 6) is 0.193. The molecule has 0 aliphatic carbocycles. The molecule has 0 bridgehead atoms. The maximum absolute atomic E-state index is 13.1. The summed E-state index contributed by atoms with van der Waals surface area (Å²) in [7, 11) is 0. The van der Waals surface area contributed by atoms with Gasteiger partial charge in [0.1, 0.15) is 11.5 Å². The minimum absolute atomic E-state index is 0.284. The average molecular weight is 410 g/mol.